The lowest BCUT2D eigenvalue weighted by Crippen LogP contribution is -2.32. The van der Waals surface area contributed by atoms with Crippen molar-refractivity contribution in [3.8, 4) is 23.1 Å². The molecule has 202 valence electrons. The fourth-order valence-corrected chi connectivity index (χ4v) is 4.96. The van der Waals surface area contributed by atoms with Crippen LogP contribution in [0.4, 0.5) is 0 Å². The maximum Gasteiger partial charge on any atom is 0.420 e. The summed E-state index contributed by atoms with van der Waals surface area (Å²) in [6.07, 6.45) is -0.333. The first-order chi connectivity index (χ1) is 17.6. The molecule has 4 rings (SSSR count). The molecule has 13 heteroatoms. The van der Waals surface area contributed by atoms with Crippen LogP contribution < -0.4 is 15.0 Å². The maximum atomic E-state index is 12.9. The number of benzene rings is 3. The van der Waals surface area contributed by atoms with Crippen LogP contribution in [0.1, 0.15) is 24.2 Å². The van der Waals surface area contributed by atoms with Gasteiger partial charge in [-0.05, 0) is 65.8 Å². The van der Waals surface area contributed by atoms with Crippen molar-refractivity contribution < 1.29 is 38.0 Å². The number of hydrogen-bond donors (Lipinski definition) is 4. The van der Waals surface area contributed by atoms with E-state index in [1.54, 1.807) is 30.3 Å². The number of nitrogens with one attached hydrogen (secondary N) is 1. The number of aliphatic hydroxyl groups excluding tert-OH is 1. The maximum absolute atomic E-state index is 12.9. The van der Waals surface area contributed by atoms with E-state index >= 15 is 0 Å². The molecular weight excluding hydrogens is 538 g/mol. The molecule has 0 spiro atoms. The van der Waals surface area contributed by atoms with Crippen molar-refractivity contribution in [1.82, 2.24) is 10.5 Å². The normalized spacial score (nSPS) is 12.9. The predicted octanol–water partition coefficient (Wildman–Crippen LogP) is 3.02. The van der Waals surface area contributed by atoms with Gasteiger partial charge in [0, 0.05) is 18.7 Å². The molecule has 0 fully saturated rings. The van der Waals surface area contributed by atoms with Gasteiger partial charge in [-0.2, -0.15) is 0 Å². The summed E-state index contributed by atoms with van der Waals surface area (Å²) in [6.45, 7) is 2.13. The number of aromatic hydroxyl groups is 2. The summed E-state index contributed by atoms with van der Waals surface area (Å²) >= 11 is 0. The van der Waals surface area contributed by atoms with E-state index in [0.29, 0.717) is 12.0 Å². The molecule has 0 unspecified atom stereocenters. The molecule has 0 aliphatic heterocycles. The van der Waals surface area contributed by atoms with Crippen molar-refractivity contribution in [3.63, 3.8) is 0 Å². The third-order valence-corrected chi connectivity index (χ3v) is 7.23. The molecule has 4 N–H and O–H groups in total. The largest absolute Gasteiger partial charge is 0.508 e. The highest BCUT2D eigenvalue weighted by Gasteiger charge is 2.36. The first-order valence-electron chi connectivity index (χ1n) is 11.2. The van der Waals surface area contributed by atoms with E-state index in [1.807, 2.05) is 6.92 Å². The molecule has 0 amide bonds. The third kappa shape index (κ3) is 6.72. The van der Waals surface area contributed by atoms with Gasteiger partial charge in [0.25, 0.3) is 9.84 Å². The molecule has 0 saturated heterocycles. The van der Waals surface area contributed by atoms with E-state index in [0.717, 1.165) is 5.56 Å². The van der Waals surface area contributed by atoms with Crippen molar-refractivity contribution in [2.24, 2.45) is 0 Å². The Morgan fingerprint density at radius 2 is 1.68 bits per heavy atom. The van der Waals surface area contributed by atoms with E-state index < -0.39 is 26.8 Å². The number of nitrogens with zero attached hydrogens (tertiary/aromatic N) is 2. The second-order valence-corrected chi connectivity index (χ2v) is 10.3. The van der Waals surface area contributed by atoms with Gasteiger partial charge in [0.2, 0.25) is 0 Å². The van der Waals surface area contributed by atoms with E-state index in [9.17, 15) is 28.9 Å². The Morgan fingerprint density at radius 1 is 1.05 bits per heavy atom. The minimum absolute atomic E-state index is 0. The Morgan fingerprint density at radius 3 is 2.32 bits per heavy atom. The number of aliphatic hydroxyl groups is 1. The van der Waals surface area contributed by atoms with Gasteiger partial charge in [-0.1, -0.05) is 30.3 Å². The van der Waals surface area contributed by atoms with Crippen molar-refractivity contribution in [1.29, 1.82) is 0 Å². The number of halogens is 1. The molecule has 11 nitrogen and oxygen atoms in total. The minimum atomic E-state index is -4.23. The van der Waals surface area contributed by atoms with Gasteiger partial charge in [0.05, 0.1) is 16.2 Å². The summed E-state index contributed by atoms with van der Waals surface area (Å²) < 4.78 is 35.8. The average Bonchev–Trinajstić information content (AvgIpc) is 3.24. The molecule has 0 bridgehead atoms. The van der Waals surface area contributed by atoms with Crippen LogP contribution in [0.2, 0.25) is 0 Å². The Labute approximate surface area is 224 Å². The minimum Gasteiger partial charge on any atom is -0.508 e. The zero-order chi connectivity index (χ0) is 26.6. The Hall–Kier alpha value is -3.84. The fraction of sp³-hybridized carbons (Fsp3) is 0.200. The molecular formula is C25H26ClN3O8S. The van der Waals surface area contributed by atoms with E-state index in [1.165, 1.54) is 42.5 Å². The van der Waals surface area contributed by atoms with Gasteiger partial charge < -0.3 is 30.6 Å². The number of sulfone groups is 1. The SMILES string of the molecule is C[C@@H](Cc1ccc(Oc2no[n+]([O-])c2S(=O)(=O)c2ccccc2)cc1)NC[C@H](O)c1cc(O)cc(O)c1.Cl. The molecule has 1 aromatic heterocycles. The second kappa shape index (κ2) is 12.1. The zero-order valence-electron chi connectivity index (χ0n) is 20.1. The van der Waals surface area contributed by atoms with Gasteiger partial charge >= 0.3 is 10.9 Å². The topological polar surface area (TPSA) is 169 Å². The van der Waals surface area contributed by atoms with Gasteiger partial charge in [0.1, 0.15) is 17.2 Å². The van der Waals surface area contributed by atoms with Crippen molar-refractivity contribution in [2.45, 2.75) is 35.4 Å². The lowest BCUT2D eigenvalue weighted by molar-refractivity contribution is -0.832. The van der Waals surface area contributed by atoms with Gasteiger partial charge in [-0.25, -0.2) is 8.42 Å². The number of phenols is 2. The van der Waals surface area contributed by atoms with Crippen LogP contribution in [0.25, 0.3) is 0 Å². The molecule has 0 aliphatic rings. The van der Waals surface area contributed by atoms with Crippen LogP contribution in [-0.4, -0.2) is 41.5 Å². The first-order valence-corrected chi connectivity index (χ1v) is 12.7. The fourth-order valence-electron chi connectivity index (χ4n) is 3.69. The van der Waals surface area contributed by atoms with Crippen LogP contribution in [0.15, 0.2) is 87.3 Å². The van der Waals surface area contributed by atoms with E-state index in [-0.39, 0.29) is 52.0 Å². The number of hydrogen-bond acceptors (Lipinski definition) is 10. The summed E-state index contributed by atoms with van der Waals surface area (Å²) in [5.74, 6) is -0.495. The standard InChI is InChI=1S/C25H25N3O8S.ClH/c1-16(26-15-23(31)18-12-19(29)14-20(30)13-18)11-17-7-9-21(10-8-17)35-24-25(28(32)36-27-24)37(33,34)22-5-3-2-4-6-22;/h2-10,12-14,16,23,26,29-31H,11,15H2,1H3;1H/t16-,23-;/m0./s1. The second-order valence-electron chi connectivity index (χ2n) is 8.41. The highest BCUT2D eigenvalue weighted by molar-refractivity contribution is 7.91. The lowest BCUT2D eigenvalue weighted by atomic mass is 10.1. The van der Waals surface area contributed by atoms with Crippen LogP contribution in [0.5, 0.6) is 23.1 Å². The summed E-state index contributed by atoms with van der Waals surface area (Å²) in [5.41, 5.74) is 1.31. The van der Waals surface area contributed by atoms with Crippen molar-refractivity contribution in [2.75, 3.05) is 6.54 Å². The van der Waals surface area contributed by atoms with Crippen LogP contribution in [-0.2, 0) is 16.3 Å². The molecule has 2 atom stereocenters. The quantitative estimate of drug-likeness (QED) is 0.210. The van der Waals surface area contributed by atoms with Gasteiger partial charge in [0.15, 0.2) is 0 Å². The van der Waals surface area contributed by atoms with Crippen LogP contribution in [0.3, 0.4) is 0 Å². The average molecular weight is 564 g/mol. The summed E-state index contributed by atoms with van der Waals surface area (Å²) in [5, 5.41) is 47.4. The Bertz CT molecular complexity index is 1440. The zero-order valence-corrected chi connectivity index (χ0v) is 21.7. The molecule has 3 aromatic carbocycles. The van der Waals surface area contributed by atoms with Crippen molar-refractivity contribution >= 4 is 22.2 Å². The smallest absolute Gasteiger partial charge is 0.420 e. The van der Waals surface area contributed by atoms with E-state index in [4.69, 9.17) is 4.74 Å². The third-order valence-electron chi connectivity index (χ3n) is 5.50. The monoisotopic (exact) mass is 563 g/mol. The highest BCUT2D eigenvalue weighted by Crippen LogP contribution is 2.29. The summed E-state index contributed by atoms with van der Waals surface area (Å²) in [4.78, 5) is -0.304. The first kappa shape index (κ1) is 28.7. The molecule has 0 saturated carbocycles. The number of ether oxygens (including phenoxy) is 1. The number of phenolic OH excluding ortho intramolecular Hbond substituents is 2. The highest BCUT2D eigenvalue weighted by atomic mass is 35.5. The predicted molar refractivity (Wildman–Crippen MR) is 137 cm³/mol. The molecule has 0 radical (unpaired) electrons. The Balaban J connectivity index is 0.00000400. The van der Waals surface area contributed by atoms with Crippen LogP contribution >= 0.6 is 12.4 Å². The number of rotatable bonds is 10. The van der Waals surface area contributed by atoms with Crippen molar-refractivity contribution in [3.05, 3.63) is 89.1 Å². The summed E-state index contributed by atoms with van der Waals surface area (Å²) in [7, 11) is -4.23. The van der Waals surface area contributed by atoms with Crippen LogP contribution in [0, 0.1) is 5.21 Å². The molecule has 4 aromatic rings. The Kier molecular flexibility index (Phi) is 9.17. The molecule has 38 heavy (non-hydrogen) atoms. The van der Waals surface area contributed by atoms with Gasteiger partial charge in [-0.15, -0.1) is 12.4 Å². The molecule has 0 aliphatic carbocycles. The van der Waals surface area contributed by atoms with Gasteiger partial charge in [-0.3, -0.25) is 4.63 Å². The number of aromatic nitrogens is 2. The van der Waals surface area contributed by atoms with E-state index in [2.05, 4.69) is 15.1 Å². The lowest BCUT2D eigenvalue weighted by Gasteiger charge is -2.18. The summed E-state index contributed by atoms with van der Waals surface area (Å²) in [6, 6.07) is 18.1. The molecule has 1 heterocycles.